The van der Waals surface area contributed by atoms with Gasteiger partial charge >= 0.3 is 11.9 Å². The first-order valence-electron chi connectivity index (χ1n) is 21.8. The number of nitrogens with one attached hydrogen (secondary N) is 6. The Morgan fingerprint density at radius 3 is 1.30 bits per heavy atom. The maximum atomic E-state index is 12.1. The van der Waals surface area contributed by atoms with Gasteiger partial charge in [0.2, 0.25) is 35.4 Å². The van der Waals surface area contributed by atoms with Gasteiger partial charge in [-0.1, -0.05) is 51.9 Å². The van der Waals surface area contributed by atoms with Gasteiger partial charge in [0.1, 0.15) is 19.3 Å². The Hall–Kier alpha value is -4.40. The van der Waals surface area contributed by atoms with Gasteiger partial charge in [-0.15, -0.1) is 0 Å². The third-order valence-corrected chi connectivity index (χ3v) is 8.84. The number of carbonyl (C=O) groups is 8. The Bertz CT molecular complexity index is 1240. The Morgan fingerprint density at radius 1 is 0.410 bits per heavy atom. The number of carboxylic acid groups (broad SMARTS) is 2. The van der Waals surface area contributed by atoms with E-state index >= 15 is 0 Å². The maximum Gasteiger partial charge on any atom is 0.326 e. The van der Waals surface area contributed by atoms with Crippen LogP contribution in [-0.2, 0) is 57.3 Å². The van der Waals surface area contributed by atoms with Gasteiger partial charge in [-0.3, -0.25) is 33.6 Å². The zero-order valence-corrected chi connectivity index (χ0v) is 36.3. The monoisotopic (exact) mass is 875 g/mol. The zero-order chi connectivity index (χ0) is 45.2. The summed E-state index contributed by atoms with van der Waals surface area (Å²) in [5.74, 6) is -3.64. The highest BCUT2D eigenvalue weighted by Crippen LogP contribution is 2.10. The van der Waals surface area contributed by atoms with Gasteiger partial charge in [-0.05, 0) is 38.5 Å². The molecule has 0 saturated heterocycles. The molecule has 20 nitrogen and oxygen atoms in total. The fraction of sp³-hybridized carbons (Fsp3) is 0.805. The average Bonchev–Trinajstić information content (AvgIpc) is 3.22. The number of carbonyl (C=O) groups excluding carboxylic acids is 6. The van der Waals surface area contributed by atoms with Crippen LogP contribution in [0.15, 0.2) is 0 Å². The molecule has 0 aliphatic carbocycles. The van der Waals surface area contributed by atoms with Crippen LogP contribution in [0.2, 0.25) is 0 Å². The van der Waals surface area contributed by atoms with Gasteiger partial charge in [0, 0.05) is 64.8 Å². The van der Waals surface area contributed by atoms with Crippen LogP contribution in [0, 0.1) is 0 Å². The van der Waals surface area contributed by atoms with E-state index in [2.05, 4.69) is 31.9 Å². The number of rotatable bonds is 43. The second kappa shape index (κ2) is 41.0. The molecule has 8 N–H and O–H groups in total. The quantitative estimate of drug-likeness (QED) is 0.0402. The summed E-state index contributed by atoms with van der Waals surface area (Å²) in [4.78, 5) is 93.8. The highest BCUT2D eigenvalue weighted by Gasteiger charge is 2.21. The Kier molecular flexibility index (Phi) is 38.0. The minimum atomic E-state index is -1.28. The van der Waals surface area contributed by atoms with Crippen molar-refractivity contribution in [1.82, 2.24) is 31.9 Å². The van der Waals surface area contributed by atoms with Crippen LogP contribution < -0.4 is 31.9 Å². The number of hydrogen-bond acceptors (Lipinski definition) is 12. The average molecular weight is 875 g/mol. The van der Waals surface area contributed by atoms with Crippen LogP contribution >= 0.6 is 0 Å². The summed E-state index contributed by atoms with van der Waals surface area (Å²) in [5.41, 5.74) is 0. The van der Waals surface area contributed by atoms with E-state index in [1.807, 2.05) is 6.92 Å². The molecule has 0 saturated carbocycles. The molecule has 0 fully saturated rings. The number of hydrogen-bond donors (Lipinski definition) is 8. The molecule has 6 amide bonds. The molecule has 0 aromatic rings. The van der Waals surface area contributed by atoms with E-state index in [0.29, 0.717) is 38.9 Å². The van der Waals surface area contributed by atoms with Crippen LogP contribution in [0.4, 0.5) is 0 Å². The van der Waals surface area contributed by atoms with Crippen molar-refractivity contribution in [3.63, 3.8) is 0 Å². The first-order valence-corrected chi connectivity index (χ1v) is 21.8. The largest absolute Gasteiger partial charge is 0.481 e. The zero-order valence-electron chi connectivity index (χ0n) is 36.3. The van der Waals surface area contributed by atoms with E-state index in [1.165, 1.54) is 0 Å². The minimum Gasteiger partial charge on any atom is -0.481 e. The summed E-state index contributed by atoms with van der Waals surface area (Å²) >= 11 is 0. The molecule has 20 heteroatoms. The summed E-state index contributed by atoms with van der Waals surface area (Å²) in [6.45, 7) is 4.39. The predicted molar refractivity (Wildman–Crippen MR) is 224 cm³/mol. The van der Waals surface area contributed by atoms with E-state index < -0.39 is 30.5 Å². The molecule has 61 heavy (non-hydrogen) atoms. The molecule has 0 spiro atoms. The van der Waals surface area contributed by atoms with Crippen LogP contribution in [0.25, 0.3) is 0 Å². The molecule has 0 rings (SSSR count). The van der Waals surface area contributed by atoms with Gasteiger partial charge < -0.3 is 61.1 Å². The lowest BCUT2D eigenvalue weighted by Gasteiger charge is -2.14. The molecular weight excluding hydrogens is 800 g/mol. The third-order valence-electron chi connectivity index (χ3n) is 8.84. The van der Waals surface area contributed by atoms with Crippen molar-refractivity contribution in [3.8, 4) is 0 Å². The fourth-order valence-electron chi connectivity index (χ4n) is 5.45. The van der Waals surface area contributed by atoms with E-state index in [-0.39, 0.29) is 121 Å². The van der Waals surface area contributed by atoms with Crippen molar-refractivity contribution in [2.45, 2.75) is 129 Å². The summed E-state index contributed by atoms with van der Waals surface area (Å²) in [6, 6.07) is -1.27. The first-order chi connectivity index (χ1) is 29.4. The Morgan fingerprint density at radius 2 is 0.803 bits per heavy atom. The molecule has 1 atom stereocenters. The maximum absolute atomic E-state index is 12.1. The molecule has 0 aromatic heterocycles. The second-order valence-corrected chi connectivity index (χ2v) is 14.4. The van der Waals surface area contributed by atoms with Crippen molar-refractivity contribution in [1.29, 1.82) is 0 Å². The number of ether oxygens (including phenoxy) is 4. The van der Waals surface area contributed by atoms with Crippen LogP contribution in [0.3, 0.4) is 0 Å². The van der Waals surface area contributed by atoms with Crippen molar-refractivity contribution in [2.75, 3.05) is 85.6 Å². The van der Waals surface area contributed by atoms with Gasteiger partial charge in [-0.25, -0.2) is 4.79 Å². The van der Waals surface area contributed by atoms with E-state index in [0.717, 1.165) is 64.2 Å². The van der Waals surface area contributed by atoms with Crippen molar-refractivity contribution in [3.05, 3.63) is 0 Å². The number of amides is 6. The number of carboxylic acids is 2. The standard InChI is InChI=1S/C41H74N6O14/c1-2-3-20-42-35(49)15-12-22-44-37(51)19-18-33(41(56)57)47-39(53)32-61-30-28-59-26-24-46-38(52)31-60-29-27-58-25-23-45-36(50)16-13-21-43-34(48)14-10-8-6-4-5-7-9-11-17-40(54)55/h33H,2-32H2,1H3,(H,42,49)(H,43,48)(H,44,51)(H,45,50)(H,46,52)(H,47,53)(H,54,55)(H,56,57). The van der Waals surface area contributed by atoms with Gasteiger partial charge in [-0.2, -0.15) is 0 Å². The molecular formula is C41H74N6O14. The van der Waals surface area contributed by atoms with Crippen molar-refractivity contribution in [2.24, 2.45) is 0 Å². The van der Waals surface area contributed by atoms with Gasteiger partial charge in [0.05, 0.1) is 39.6 Å². The normalized spacial score (nSPS) is 11.3. The van der Waals surface area contributed by atoms with E-state index in [9.17, 15) is 43.5 Å². The lowest BCUT2D eigenvalue weighted by atomic mass is 10.1. The van der Waals surface area contributed by atoms with E-state index in [1.54, 1.807) is 0 Å². The number of unbranched alkanes of at least 4 members (excludes halogenated alkanes) is 8. The molecule has 0 bridgehead atoms. The molecule has 0 aliphatic rings. The topological polar surface area (TPSA) is 286 Å². The molecule has 0 radical (unpaired) electrons. The Labute approximate surface area is 360 Å². The van der Waals surface area contributed by atoms with Crippen LogP contribution in [-0.4, -0.2) is 149 Å². The highest BCUT2D eigenvalue weighted by molar-refractivity contribution is 5.85. The first kappa shape index (κ1) is 56.6. The predicted octanol–water partition coefficient (Wildman–Crippen LogP) is 1.33. The van der Waals surface area contributed by atoms with Crippen LogP contribution in [0.1, 0.15) is 122 Å². The minimum absolute atomic E-state index is 0.0138. The summed E-state index contributed by atoms with van der Waals surface area (Å²) < 4.78 is 21.2. The molecule has 1 unspecified atom stereocenters. The fourth-order valence-corrected chi connectivity index (χ4v) is 5.45. The smallest absolute Gasteiger partial charge is 0.326 e. The lowest BCUT2D eigenvalue weighted by molar-refractivity contribution is -0.143. The van der Waals surface area contributed by atoms with Gasteiger partial charge in [0.25, 0.3) is 0 Å². The lowest BCUT2D eigenvalue weighted by Crippen LogP contribution is -2.43. The summed E-state index contributed by atoms with van der Waals surface area (Å²) in [6.07, 6.45) is 11.7. The van der Waals surface area contributed by atoms with Crippen molar-refractivity contribution < 1.29 is 67.5 Å². The third kappa shape index (κ3) is 40.8. The Balaban J connectivity index is 3.64. The summed E-state index contributed by atoms with van der Waals surface area (Å²) in [7, 11) is 0. The second-order valence-electron chi connectivity index (χ2n) is 14.4. The number of aliphatic carboxylic acids is 2. The molecule has 0 heterocycles. The molecule has 0 aromatic carbocycles. The van der Waals surface area contributed by atoms with Gasteiger partial charge in [0.15, 0.2) is 0 Å². The van der Waals surface area contributed by atoms with Crippen molar-refractivity contribution >= 4 is 47.4 Å². The molecule has 352 valence electrons. The van der Waals surface area contributed by atoms with Crippen LogP contribution in [0.5, 0.6) is 0 Å². The SMILES string of the molecule is CCCCNC(=O)CCCNC(=O)CCC(NC(=O)COCCOCCNC(=O)COCCOCCNC(=O)CCCNC(=O)CCCCCCCCCCC(=O)O)C(=O)O. The highest BCUT2D eigenvalue weighted by atomic mass is 16.5. The summed E-state index contributed by atoms with van der Waals surface area (Å²) in [5, 5.41) is 34.0. The van der Waals surface area contributed by atoms with E-state index in [4.69, 9.17) is 24.1 Å². The molecule has 0 aliphatic heterocycles.